The number of aliphatic hydroxyl groups is 1. The Bertz CT molecular complexity index is 555. The molecule has 3 unspecified atom stereocenters. The van der Waals surface area contributed by atoms with Crippen LogP contribution < -0.4 is 10.6 Å². The fourth-order valence-electron chi connectivity index (χ4n) is 3.11. The Morgan fingerprint density at radius 3 is 2.40 bits per heavy atom. The van der Waals surface area contributed by atoms with E-state index in [-0.39, 0.29) is 36.7 Å². The second-order valence-corrected chi connectivity index (χ2v) is 7.47. The molecule has 1 aromatic carbocycles. The molecule has 0 spiro atoms. The van der Waals surface area contributed by atoms with E-state index >= 15 is 0 Å². The third-order valence-electron chi connectivity index (χ3n) is 5.00. The van der Waals surface area contributed by atoms with Gasteiger partial charge in [0.2, 0.25) is 0 Å². The predicted molar refractivity (Wildman–Crippen MR) is 138 cm³/mol. The average Bonchev–Trinajstić information content (AvgIpc) is 2.74. The van der Waals surface area contributed by atoms with Crippen molar-refractivity contribution in [2.45, 2.75) is 65.7 Å². The molecule has 6 nitrogen and oxygen atoms in total. The minimum absolute atomic E-state index is 0. The third kappa shape index (κ3) is 12.7. The van der Waals surface area contributed by atoms with Crippen LogP contribution in [0.1, 0.15) is 59.1 Å². The van der Waals surface area contributed by atoms with Crippen molar-refractivity contribution in [3.05, 3.63) is 35.9 Å². The van der Waals surface area contributed by atoms with Crippen LogP contribution in [0.2, 0.25) is 0 Å². The van der Waals surface area contributed by atoms with Crippen molar-refractivity contribution in [2.75, 3.05) is 39.3 Å². The maximum atomic E-state index is 10.3. The number of hydrogen-bond donors (Lipinski definition) is 3. The van der Waals surface area contributed by atoms with Gasteiger partial charge in [0, 0.05) is 12.6 Å². The topological polar surface area (TPSA) is 69.1 Å². The summed E-state index contributed by atoms with van der Waals surface area (Å²) in [5.74, 6) is 0.748. The molecule has 1 rings (SSSR count). The summed E-state index contributed by atoms with van der Waals surface area (Å²) in [6, 6.07) is 10.4. The van der Waals surface area contributed by atoms with Crippen molar-refractivity contribution in [1.29, 1.82) is 0 Å². The summed E-state index contributed by atoms with van der Waals surface area (Å²) in [7, 11) is 0. The van der Waals surface area contributed by atoms with Crippen molar-refractivity contribution < 1.29 is 9.84 Å². The fraction of sp³-hybridized carbons (Fsp3) is 0.696. The number of ether oxygens (including phenoxy) is 1. The first-order valence-corrected chi connectivity index (χ1v) is 11.1. The van der Waals surface area contributed by atoms with E-state index in [0.717, 1.165) is 50.5 Å². The number of nitrogens with one attached hydrogen (secondary N) is 2. The molecule has 0 aromatic heterocycles. The predicted octanol–water partition coefficient (Wildman–Crippen LogP) is 3.81. The molecular formula is C23H43IN4O2. The zero-order chi connectivity index (χ0) is 21.5. The molecule has 0 aliphatic heterocycles. The first kappa shape index (κ1) is 29.1. The van der Waals surface area contributed by atoms with Gasteiger partial charge < -0.3 is 25.4 Å². The molecule has 0 amide bonds. The van der Waals surface area contributed by atoms with Crippen molar-refractivity contribution in [1.82, 2.24) is 15.5 Å². The lowest BCUT2D eigenvalue weighted by atomic mass is 10.1. The Kier molecular flexibility index (Phi) is 17.2. The van der Waals surface area contributed by atoms with E-state index in [1.165, 1.54) is 0 Å². The molecule has 0 bridgehead atoms. The number of guanidine groups is 1. The van der Waals surface area contributed by atoms with Crippen LogP contribution in [-0.2, 0) is 4.74 Å². The molecule has 0 radical (unpaired) electrons. The molecule has 0 heterocycles. The Morgan fingerprint density at radius 1 is 1.13 bits per heavy atom. The normalized spacial score (nSPS) is 14.7. The maximum absolute atomic E-state index is 10.3. The van der Waals surface area contributed by atoms with Crippen LogP contribution in [0.3, 0.4) is 0 Å². The van der Waals surface area contributed by atoms with Gasteiger partial charge in [-0.2, -0.15) is 0 Å². The Labute approximate surface area is 200 Å². The van der Waals surface area contributed by atoms with E-state index in [2.05, 4.69) is 41.3 Å². The van der Waals surface area contributed by atoms with Gasteiger partial charge in [-0.25, -0.2) is 0 Å². The lowest BCUT2D eigenvalue weighted by Gasteiger charge is -2.21. The Morgan fingerprint density at radius 2 is 1.80 bits per heavy atom. The smallest absolute Gasteiger partial charge is 0.191 e. The van der Waals surface area contributed by atoms with Gasteiger partial charge in [-0.3, -0.25) is 4.99 Å². The molecule has 30 heavy (non-hydrogen) atoms. The molecule has 1 aromatic rings. The van der Waals surface area contributed by atoms with Crippen LogP contribution in [0.5, 0.6) is 0 Å². The first-order chi connectivity index (χ1) is 14.0. The highest BCUT2D eigenvalue weighted by atomic mass is 127. The molecule has 0 aliphatic rings. The highest BCUT2D eigenvalue weighted by molar-refractivity contribution is 14.0. The summed E-state index contributed by atoms with van der Waals surface area (Å²) in [5.41, 5.74) is 1.11. The highest BCUT2D eigenvalue weighted by Crippen LogP contribution is 2.15. The van der Waals surface area contributed by atoms with Crippen LogP contribution >= 0.6 is 24.0 Å². The molecule has 7 heteroatoms. The summed E-state index contributed by atoms with van der Waals surface area (Å²) in [6.07, 6.45) is 1.56. The number of aliphatic hydroxyl groups excluding tert-OH is 1. The van der Waals surface area contributed by atoms with Crippen molar-refractivity contribution in [3.8, 4) is 0 Å². The van der Waals surface area contributed by atoms with E-state index < -0.39 is 6.10 Å². The molecule has 0 aliphatic carbocycles. The van der Waals surface area contributed by atoms with Crippen molar-refractivity contribution in [3.63, 3.8) is 0 Å². The van der Waals surface area contributed by atoms with E-state index in [1.54, 1.807) is 0 Å². The number of halogens is 1. The van der Waals surface area contributed by atoms with Gasteiger partial charge in [-0.05, 0) is 58.8 Å². The van der Waals surface area contributed by atoms with E-state index in [9.17, 15) is 5.11 Å². The summed E-state index contributed by atoms with van der Waals surface area (Å²) in [6.45, 7) is 15.3. The van der Waals surface area contributed by atoms with Gasteiger partial charge >= 0.3 is 0 Å². The van der Waals surface area contributed by atoms with Gasteiger partial charge in [0.05, 0.1) is 25.4 Å². The third-order valence-corrected chi connectivity index (χ3v) is 5.00. The minimum atomic E-state index is -0.630. The van der Waals surface area contributed by atoms with Crippen LogP contribution in [0, 0.1) is 0 Å². The van der Waals surface area contributed by atoms with Crippen molar-refractivity contribution >= 4 is 29.9 Å². The molecule has 3 atom stereocenters. The summed E-state index contributed by atoms with van der Waals surface area (Å²) in [4.78, 5) is 6.98. The van der Waals surface area contributed by atoms with E-state index in [1.807, 2.05) is 44.2 Å². The number of aliphatic imine (C=N–C) groups is 1. The van der Waals surface area contributed by atoms with Crippen LogP contribution in [0.25, 0.3) is 0 Å². The number of rotatable bonds is 14. The number of nitrogens with zero attached hydrogens (tertiary/aromatic N) is 2. The second-order valence-electron chi connectivity index (χ2n) is 7.47. The van der Waals surface area contributed by atoms with Gasteiger partial charge in [0.15, 0.2) is 5.96 Å². The molecule has 3 N–H and O–H groups in total. The Balaban J connectivity index is 0.00000841. The second kappa shape index (κ2) is 17.7. The van der Waals surface area contributed by atoms with Gasteiger partial charge in [-0.15, -0.1) is 24.0 Å². The standard InChI is InChI=1S/C23H42N4O2.HI/c1-6-24-23(26-19(4)13-12-16-27(7-2)8-3)25-17-22(28)18-29-20(5)21-14-10-9-11-15-21;/h9-11,14-15,19-20,22,28H,6-8,12-13,16-18H2,1-5H3,(H2,24,25,26);1H. The summed E-state index contributed by atoms with van der Waals surface area (Å²) in [5, 5.41) is 17.0. The molecule has 0 saturated carbocycles. The number of benzene rings is 1. The van der Waals surface area contributed by atoms with Gasteiger partial charge in [-0.1, -0.05) is 44.2 Å². The van der Waals surface area contributed by atoms with Gasteiger partial charge in [0.25, 0.3) is 0 Å². The number of hydrogen-bond acceptors (Lipinski definition) is 4. The molecule has 174 valence electrons. The largest absolute Gasteiger partial charge is 0.389 e. The Hall–Kier alpha value is -0.900. The maximum Gasteiger partial charge on any atom is 0.191 e. The minimum Gasteiger partial charge on any atom is -0.389 e. The van der Waals surface area contributed by atoms with E-state index in [0.29, 0.717) is 12.6 Å². The molecule has 0 fully saturated rings. The lowest BCUT2D eigenvalue weighted by molar-refractivity contribution is 0.00111. The fourth-order valence-corrected chi connectivity index (χ4v) is 3.11. The van der Waals surface area contributed by atoms with Crippen LogP contribution in [0.15, 0.2) is 35.3 Å². The SMILES string of the molecule is CCNC(=NCC(O)COC(C)c1ccccc1)NC(C)CCCN(CC)CC.I. The first-order valence-electron chi connectivity index (χ1n) is 11.1. The quantitative estimate of drug-likeness (QED) is 0.193. The highest BCUT2D eigenvalue weighted by Gasteiger charge is 2.11. The average molecular weight is 535 g/mol. The lowest BCUT2D eigenvalue weighted by Crippen LogP contribution is -2.43. The zero-order valence-corrected chi connectivity index (χ0v) is 21.8. The van der Waals surface area contributed by atoms with E-state index in [4.69, 9.17) is 4.74 Å². The molecule has 0 saturated heterocycles. The van der Waals surface area contributed by atoms with Crippen LogP contribution in [-0.4, -0.2) is 67.4 Å². The summed E-state index contributed by atoms with van der Waals surface area (Å²) < 4.78 is 5.80. The van der Waals surface area contributed by atoms with Gasteiger partial charge in [0.1, 0.15) is 0 Å². The summed E-state index contributed by atoms with van der Waals surface area (Å²) >= 11 is 0. The van der Waals surface area contributed by atoms with Crippen LogP contribution in [0.4, 0.5) is 0 Å². The molecular weight excluding hydrogens is 491 g/mol. The monoisotopic (exact) mass is 534 g/mol. The zero-order valence-electron chi connectivity index (χ0n) is 19.4. The van der Waals surface area contributed by atoms with Crippen molar-refractivity contribution in [2.24, 2.45) is 4.99 Å².